The predicted molar refractivity (Wildman–Crippen MR) is 62.6 cm³/mol. The van der Waals surface area contributed by atoms with Gasteiger partial charge in [0.25, 0.3) is 0 Å². The minimum absolute atomic E-state index is 0.0679. The summed E-state index contributed by atoms with van der Waals surface area (Å²) in [4.78, 5) is 11.0. The maximum atomic E-state index is 11.0. The van der Waals surface area contributed by atoms with Crippen LogP contribution in [0.3, 0.4) is 0 Å². The molecule has 2 aromatic rings. The van der Waals surface area contributed by atoms with Crippen molar-refractivity contribution in [2.24, 2.45) is 0 Å². The van der Waals surface area contributed by atoms with Crippen LogP contribution < -0.4 is 0 Å². The number of fused-ring (bicyclic) bond motifs is 1. The van der Waals surface area contributed by atoms with Crippen LogP contribution in [-0.2, 0) is 6.42 Å². The molecule has 1 heterocycles. The molecule has 0 aliphatic heterocycles. The molecule has 0 amide bonds. The van der Waals surface area contributed by atoms with E-state index in [-0.39, 0.29) is 5.76 Å². The Bertz CT molecular complexity index is 572. The van der Waals surface area contributed by atoms with Crippen molar-refractivity contribution < 1.29 is 14.3 Å². The molecule has 0 saturated heterocycles. The van der Waals surface area contributed by atoms with Crippen molar-refractivity contribution in [3.8, 4) is 0 Å². The van der Waals surface area contributed by atoms with E-state index in [1.807, 2.05) is 6.92 Å². The molecule has 0 radical (unpaired) electrons. The van der Waals surface area contributed by atoms with Gasteiger partial charge in [0.05, 0.1) is 5.02 Å². The molecule has 0 unspecified atom stereocenters. The normalized spacial score (nSPS) is 10.9. The van der Waals surface area contributed by atoms with Gasteiger partial charge >= 0.3 is 5.97 Å². The van der Waals surface area contributed by atoms with Crippen molar-refractivity contribution >= 4 is 40.1 Å². The van der Waals surface area contributed by atoms with E-state index in [9.17, 15) is 4.79 Å². The van der Waals surface area contributed by atoms with Gasteiger partial charge in [-0.1, -0.05) is 30.1 Å². The Labute approximate surface area is 102 Å². The van der Waals surface area contributed by atoms with Gasteiger partial charge < -0.3 is 9.52 Å². The van der Waals surface area contributed by atoms with Crippen LogP contribution >= 0.6 is 23.2 Å². The highest BCUT2D eigenvalue weighted by Crippen LogP contribution is 2.34. The van der Waals surface area contributed by atoms with E-state index in [1.165, 1.54) is 0 Å². The largest absolute Gasteiger partial charge is 0.475 e. The van der Waals surface area contributed by atoms with E-state index >= 15 is 0 Å². The predicted octanol–water partition coefficient (Wildman–Crippen LogP) is 4.00. The average Bonchev–Trinajstić information content (AvgIpc) is 2.56. The molecule has 0 aliphatic rings. The Morgan fingerprint density at radius 1 is 1.44 bits per heavy atom. The van der Waals surface area contributed by atoms with Gasteiger partial charge in [0.2, 0.25) is 5.76 Å². The second kappa shape index (κ2) is 4.00. The SMILES string of the molecule is CCc1c(C(=O)O)oc2cc(Cl)cc(Cl)c12. The number of hydrogen-bond acceptors (Lipinski definition) is 2. The fourth-order valence-corrected chi connectivity index (χ4v) is 2.31. The van der Waals surface area contributed by atoms with E-state index in [4.69, 9.17) is 32.7 Å². The average molecular weight is 259 g/mol. The van der Waals surface area contributed by atoms with Gasteiger partial charge in [0, 0.05) is 22.0 Å². The number of hydrogen-bond donors (Lipinski definition) is 1. The molecule has 1 aromatic heterocycles. The van der Waals surface area contributed by atoms with Crippen LogP contribution in [0, 0.1) is 0 Å². The fourth-order valence-electron chi connectivity index (χ4n) is 1.72. The third-order valence-electron chi connectivity index (χ3n) is 2.35. The van der Waals surface area contributed by atoms with Crippen LogP contribution in [0.5, 0.6) is 0 Å². The fraction of sp³-hybridized carbons (Fsp3) is 0.182. The van der Waals surface area contributed by atoms with Gasteiger partial charge in [0.1, 0.15) is 5.58 Å². The molecule has 0 aliphatic carbocycles. The zero-order valence-electron chi connectivity index (χ0n) is 8.38. The summed E-state index contributed by atoms with van der Waals surface area (Å²) in [6, 6.07) is 3.14. The lowest BCUT2D eigenvalue weighted by molar-refractivity contribution is 0.0663. The molecule has 2 rings (SSSR count). The maximum Gasteiger partial charge on any atom is 0.372 e. The molecule has 0 saturated carbocycles. The Morgan fingerprint density at radius 2 is 2.12 bits per heavy atom. The van der Waals surface area contributed by atoms with Gasteiger partial charge in [-0.15, -0.1) is 0 Å². The van der Waals surface area contributed by atoms with E-state index in [0.717, 1.165) is 0 Å². The Morgan fingerprint density at radius 3 is 2.69 bits per heavy atom. The second-order valence-electron chi connectivity index (χ2n) is 3.33. The number of carbonyl (C=O) groups is 1. The zero-order chi connectivity index (χ0) is 11.9. The van der Waals surface area contributed by atoms with E-state index in [2.05, 4.69) is 0 Å². The summed E-state index contributed by atoms with van der Waals surface area (Å²) < 4.78 is 5.24. The first-order chi connectivity index (χ1) is 7.54. The van der Waals surface area contributed by atoms with Gasteiger partial charge in [-0.25, -0.2) is 4.79 Å². The molecule has 0 fully saturated rings. The minimum atomic E-state index is -1.10. The number of carboxylic acids is 1. The van der Waals surface area contributed by atoms with Crippen LogP contribution in [-0.4, -0.2) is 11.1 Å². The molecular weight excluding hydrogens is 251 g/mol. The van der Waals surface area contributed by atoms with Crippen LogP contribution in [0.4, 0.5) is 0 Å². The number of benzene rings is 1. The number of aryl methyl sites for hydroxylation is 1. The summed E-state index contributed by atoms with van der Waals surface area (Å²) in [5, 5.41) is 10.5. The van der Waals surface area contributed by atoms with Gasteiger partial charge in [-0.05, 0) is 12.5 Å². The van der Waals surface area contributed by atoms with E-state index in [1.54, 1.807) is 12.1 Å². The Hall–Kier alpha value is -1.19. The number of rotatable bonds is 2. The van der Waals surface area contributed by atoms with Gasteiger partial charge in [-0.3, -0.25) is 0 Å². The van der Waals surface area contributed by atoms with Crippen molar-refractivity contribution in [3.63, 3.8) is 0 Å². The van der Waals surface area contributed by atoms with Crippen molar-refractivity contribution in [1.82, 2.24) is 0 Å². The van der Waals surface area contributed by atoms with Crippen molar-refractivity contribution in [2.45, 2.75) is 13.3 Å². The van der Waals surface area contributed by atoms with Crippen molar-refractivity contribution in [2.75, 3.05) is 0 Å². The van der Waals surface area contributed by atoms with Gasteiger partial charge in [-0.2, -0.15) is 0 Å². The van der Waals surface area contributed by atoms with E-state index < -0.39 is 5.97 Å². The smallest absolute Gasteiger partial charge is 0.372 e. The first-order valence-electron chi connectivity index (χ1n) is 4.68. The standard InChI is InChI=1S/C11H8Cl2O3/c1-2-6-9-7(13)3-5(12)4-8(9)16-10(6)11(14)15/h3-4H,2H2,1H3,(H,14,15). The monoisotopic (exact) mass is 258 g/mol. The third-order valence-corrected chi connectivity index (χ3v) is 2.87. The van der Waals surface area contributed by atoms with Crippen molar-refractivity contribution in [3.05, 3.63) is 33.5 Å². The Balaban J connectivity index is 2.87. The lowest BCUT2D eigenvalue weighted by Crippen LogP contribution is -1.97. The quantitative estimate of drug-likeness (QED) is 0.886. The lowest BCUT2D eigenvalue weighted by Gasteiger charge is -1.97. The Kier molecular flexibility index (Phi) is 2.82. The molecule has 16 heavy (non-hydrogen) atoms. The minimum Gasteiger partial charge on any atom is -0.475 e. The van der Waals surface area contributed by atoms with Gasteiger partial charge in [0.15, 0.2) is 0 Å². The van der Waals surface area contributed by atoms with Crippen LogP contribution in [0.15, 0.2) is 16.5 Å². The van der Waals surface area contributed by atoms with Crippen LogP contribution in [0.1, 0.15) is 23.0 Å². The molecule has 1 N–H and O–H groups in total. The second-order valence-corrected chi connectivity index (χ2v) is 4.17. The first-order valence-corrected chi connectivity index (χ1v) is 5.44. The summed E-state index contributed by atoms with van der Waals surface area (Å²) in [6.45, 7) is 1.85. The zero-order valence-corrected chi connectivity index (χ0v) is 9.89. The summed E-state index contributed by atoms with van der Waals surface area (Å²) in [5.74, 6) is -1.16. The molecule has 3 nitrogen and oxygen atoms in total. The third kappa shape index (κ3) is 1.66. The topological polar surface area (TPSA) is 50.4 Å². The van der Waals surface area contributed by atoms with E-state index in [0.29, 0.717) is 33.0 Å². The molecule has 0 bridgehead atoms. The van der Waals surface area contributed by atoms with Crippen LogP contribution in [0.2, 0.25) is 10.0 Å². The molecule has 84 valence electrons. The molecule has 0 spiro atoms. The molecule has 0 atom stereocenters. The highest BCUT2D eigenvalue weighted by atomic mass is 35.5. The van der Waals surface area contributed by atoms with Crippen LogP contribution in [0.25, 0.3) is 11.0 Å². The summed E-state index contributed by atoms with van der Waals surface area (Å²) in [5.41, 5.74) is 1.01. The summed E-state index contributed by atoms with van der Waals surface area (Å²) >= 11 is 11.8. The van der Waals surface area contributed by atoms with Crippen molar-refractivity contribution in [1.29, 1.82) is 0 Å². The molecular formula is C11H8Cl2O3. The highest BCUT2D eigenvalue weighted by Gasteiger charge is 2.20. The molecule has 5 heteroatoms. The maximum absolute atomic E-state index is 11.0. The summed E-state index contributed by atoms with van der Waals surface area (Å²) in [7, 11) is 0. The summed E-state index contributed by atoms with van der Waals surface area (Å²) in [6.07, 6.45) is 0.538. The number of furan rings is 1. The molecule has 1 aromatic carbocycles. The number of carboxylic acid groups (broad SMARTS) is 1. The highest BCUT2D eigenvalue weighted by molar-refractivity contribution is 6.38. The number of aromatic carboxylic acids is 1. The lowest BCUT2D eigenvalue weighted by atomic mass is 10.1. The number of halogens is 2. The first kappa shape index (κ1) is 11.3.